The summed E-state index contributed by atoms with van der Waals surface area (Å²) in [4.78, 5) is 1.45. The van der Waals surface area contributed by atoms with Crippen LogP contribution in [0, 0.1) is 0 Å². The van der Waals surface area contributed by atoms with Crippen LogP contribution in [0.15, 0.2) is 30.3 Å². The van der Waals surface area contributed by atoms with Crippen LogP contribution >= 0.6 is 22.9 Å². The molecule has 0 aliphatic heterocycles. The molecular formula is C17H20ClNOS. The topological polar surface area (TPSA) is 21.3 Å². The number of methoxy groups -OCH3 is 1. The first-order chi connectivity index (χ1) is 10.3. The fraction of sp³-hybridized carbons (Fsp3) is 0.412. The lowest BCUT2D eigenvalue weighted by Crippen LogP contribution is -2.24. The number of aryl methyl sites for hydroxylation is 1. The number of benzene rings is 1. The van der Waals surface area contributed by atoms with E-state index in [1.807, 2.05) is 0 Å². The number of nitrogens with one attached hydrogen (secondary N) is 1. The van der Waals surface area contributed by atoms with Crippen molar-refractivity contribution in [2.24, 2.45) is 0 Å². The van der Waals surface area contributed by atoms with Crippen molar-refractivity contribution >= 4 is 22.9 Å². The predicted octanol–water partition coefficient (Wildman–Crippen LogP) is 4.72. The molecule has 1 unspecified atom stereocenters. The Morgan fingerprint density at radius 3 is 2.95 bits per heavy atom. The van der Waals surface area contributed by atoms with E-state index in [4.69, 9.17) is 16.3 Å². The second-order valence-electron chi connectivity index (χ2n) is 5.46. The first-order valence-electron chi connectivity index (χ1n) is 7.35. The molecule has 2 nitrogen and oxygen atoms in total. The molecule has 112 valence electrons. The van der Waals surface area contributed by atoms with Crippen LogP contribution in [0.1, 0.15) is 40.5 Å². The molecule has 1 heterocycles. The summed E-state index contributed by atoms with van der Waals surface area (Å²) in [6.45, 7) is 1.54. The number of rotatable bonds is 5. The van der Waals surface area contributed by atoms with Gasteiger partial charge in [-0.25, -0.2) is 0 Å². The van der Waals surface area contributed by atoms with E-state index in [-0.39, 0.29) is 0 Å². The van der Waals surface area contributed by atoms with Gasteiger partial charge < -0.3 is 10.1 Å². The lowest BCUT2D eigenvalue weighted by atomic mass is 9.93. The summed E-state index contributed by atoms with van der Waals surface area (Å²) in [6, 6.07) is 11.0. The Hall–Kier alpha value is -0.870. The van der Waals surface area contributed by atoms with Crippen LogP contribution in [-0.4, -0.2) is 7.11 Å². The van der Waals surface area contributed by atoms with Crippen molar-refractivity contribution in [2.45, 2.75) is 38.5 Å². The molecule has 1 aromatic heterocycles. The third kappa shape index (κ3) is 3.49. The Balaban J connectivity index is 1.71. The maximum Gasteiger partial charge on any atom is 0.0934 e. The van der Waals surface area contributed by atoms with E-state index in [9.17, 15) is 0 Å². The Labute approximate surface area is 135 Å². The second kappa shape index (κ2) is 6.93. The Morgan fingerprint density at radius 1 is 1.33 bits per heavy atom. The number of hydrogen-bond acceptors (Lipinski definition) is 3. The smallest absolute Gasteiger partial charge is 0.0934 e. The average Bonchev–Trinajstić information content (AvgIpc) is 2.87. The highest BCUT2D eigenvalue weighted by Gasteiger charge is 2.22. The number of halogens is 1. The molecule has 3 rings (SSSR count). The highest BCUT2D eigenvalue weighted by Crippen LogP contribution is 2.37. The summed E-state index contributed by atoms with van der Waals surface area (Å²) >= 11 is 7.91. The van der Waals surface area contributed by atoms with E-state index in [1.165, 1.54) is 40.8 Å². The molecule has 1 aliphatic rings. The van der Waals surface area contributed by atoms with Gasteiger partial charge in [-0.3, -0.25) is 0 Å². The van der Waals surface area contributed by atoms with Gasteiger partial charge in [0.1, 0.15) is 0 Å². The van der Waals surface area contributed by atoms with E-state index in [0.717, 1.165) is 10.9 Å². The van der Waals surface area contributed by atoms with Crippen molar-refractivity contribution in [3.8, 4) is 0 Å². The largest absolute Gasteiger partial charge is 0.380 e. The van der Waals surface area contributed by atoms with Gasteiger partial charge in [-0.05, 0) is 42.0 Å². The minimum Gasteiger partial charge on any atom is -0.380 e. The fourth-order valence-corrected chi connectivity index (χ4v) is 4.38. The Bertz CT molecular complexity index is 611. The molecule has 4 heteroatoms. The van der Waals surface area contributed by atoms with Crippen LogP contribution in [0.2, 0.25) is 4.34 Å². The molecule has 0 fully saturated rings. The van der Waals surface area contributed by atoms with Crippen molar-refractivity contribution in [3.63, 3.8) is 0 Å². The van der Waals surface area contributed by atoms with Crippen molar-refractivity contribution in [1.82, 2.24) is 5.32 Å². The monoisotopic (exact) mass is 321 g/mol. The predicted molar refractivity (Wildman–Crippen MR) is 89.0 cm³/mol. The number of hydrogen-bond donors (Lipinski definition) is 1. The zero-order valence-corrected chi connectivity index (χ0v) is 13.8. The molecule has 1 N–H and O–H groups in total. The first-order valence-corrected chi connectivity index (χ1v) is 8.54. The molecule has 1 aromatic carbocycles. The SMILES string of the molecule is COCc1ccccc1CNC1CCCc2sc(Cl)cc21. The highest BCUT2D eigenvalue weighted by molar-refractivity contribution is 7.16. The van der Waals surface area contributed by atoms with E-state index < -0.39 is 0 Å². The molecule has 0 bridgehead atoms. The number of ether oxygens (including phenoxy) is 1. The lowest BCUT2D eigenvalue weighted by molar-refractivity contribution is 0.184. The summed E-state index contributed by atoms with van der Waals surface area (Å²) in [5, 5.41) is 3.70. The van der Waals surface area contributed by atoms with Crippen LogP contribution in [0.5, 0.6) is 0 Å². The van der Waals surface area contributed by atoms with Crippen molar-refractivity contribution in [2.75, 3.05) is 7.11 Å². The molecule has 2 aromatic rings. The molecular weight excluding hydrogens is 302 g/mol. The molecule has 0 amide bonds. The van der Waals surface area contributed by atoms with Crippen LogP contribution in [0.3, 0.4) is 0 Å². The van der Waals surface area contributed by atoms with Crippen molar-refractivity contribution in [1.29, 1.82) is 0 Å². The molecule has 0 saturated carbocycles. The molecule has 1 aliphatic carbocycles. The summed E-state index contributed by atoms with van der Waals surface area (Å²) in [5.74, 6) is 0. The zero-order valence-electron chi connectivity index (χ0n) is 12.2. The van der Waals surface area contributed by atoms with Crippen molar-refractivity contribution < 1.29 is 4.74 Å². The van der Waals surface area contributed by atoms with E-state index in [2.05, 4.69) is 35.6 Å². The second-order valence-corrected chi connectivity index (χ2v) is 7.22. The maximum atomic E-state index is 6.17. The summed E-state index contributed by atoms with van der Waals surface area (Å²) in [5.41, 5.74) is 3.97. The minimum absolute atomic E-state index is 0.424. The van der Waals surface area contributed by atoms with E-state index in [0.29, 0.717) is 12.6 Å². The summed E-state index contributed by atoms with van der Waals surface area (Å²) in [6.07, 6.45) is 3.60. The van der Waals surface area contributed by atoms with Gasteiger partial charge in [-0.1, -0.05) is 35.9 Å². The van der Waals surface area contributed by atoms with Crippen molar-refractivity contribution in [3.05, 3.63) is 56.2 Å². The Morgan fingerprint density at radius 2 is 2.14 bits per heavy atom. The summed E-state index contributed by atoms with van der Waals surface area (Å²) < 4.78 is 6.19. The lowest BCUT2D eigenvalue weighted by Gasteiger charge is -2.24. The fourth-order valence-electron chi connectivity index (χ4n) is 2.99. The molecule has 0 spiro atoms. The van der Waals surface area contributed by atoms with Gasteiger partial charge in [0.05, 0.1) is 10.9 Å². The minimum atomic E-state index is 0.424. The number of fused-ring (bicyclic) bond motifs is 1. The normalized spacial score (nSPS) is 17.7. The van der Waals surface area contributed by atoms with E-state index >= 15 is 0 Å². The molecule has 0 radical (unpaired) electrons. The van der Waals surface area contributed by atoms with Crippen LogP contribution < -0.4 is 5.32 Å². The molecule has 0 saturated heterocycles. The standard InChI is InChI=1S/C17H20ClNOS/c1-20-11-13-6-3-2-5-12(13)10-19-15-7-4-8-16-14(15)9-17(18)21-16/h2-3,5-6,9,15,19H,4,7-8,10-11H2,1H3. The van der Waals surface area contributed by atoms with E-state index in [1.54, 1.807) is 18.4 Å². The Kier molecular flexibility index (Phi) is 4.96. The maximum absolute atomic E-state index is 6.17. The highest BCUT2D eigenvalue weighted by atomic mass is 35.5. The third-order valence-corrected chi connectivity index (χ3v) is 5.38. The zero-order chi connectivity index (χ0) is 14.7. The van der Waals surface area contributed by atoms with Gasteiger partial charge in [0, 0.05) is 24.6 Å². The quantitative estimate of drug-likeness (QED) is 0.860. The van der Waals surface area contributed by atoms with Gasteiger partial charge in [0.15, 0.2) is 0 Å². The van der Waals surface area contributed by atoms with Gasteiger partial charge >= 0.3 is 0 Å². The van der Waals surface area contributed by atoms with Crippen LogP contribution in [-0.2, 0) is 24.3 Å². The van der Waals surface area contributed by atoms with Crippen LogP contribution in [0.25, 0.3) is 0 Å². The van der Waals surface area contributed by atoms with Gasteiger partial charge in [-0.15, -0.1) is 11.3 Å². The van der Waals surface area contributed by atoms with Crippen LogP contribution in [0.4, 0.5) is 0 Å². The first kappa shape index (κ1) is 15.0. The van der Waals surface area contributed by atoms with Gasteiger partial charge in [0.25, 0.3) is 0 Å². The average molecular weight is 322 g/mol. The van der Waals surface area contributed by atoms with Gasteiger partial charge in [-0.2, -0.15) is 0 Å². The van der Waals surface area contributed by atoms with Gasteiger partial charge in [0.2, 0.25) is 0 Å². The summed E-state index contributed by atoms with van der Waals surface area (Å²) in [7, 11) is 1.74. The third-order valence-electron chi connectivity index (χ3n) is 4.04. The molecule has 1 atom stereocenters. The number of thiophene rings is 1. The molecule has 21 heavy (non-hydrogen) atoms.